The van der Waals surface area contributed by atoms with E-state index in [0.717, 1.165) is 28.7 Å². The molecule has 0 aliphatic carbocycles. The lowest BCUT2D eigenvalue weighted by Gasteiger charge is -2.13. The van der Waals surface area contributed by atoms with Crippen molar-refractivity contribution in [3.8, 4) is 11.3 Å². The Morgan fingerprint density at radius 3 is 2.43 bits per heavy atom. The van der Waals surface area contributed by atoms with Crippen LogP contribution in [0.3, 0.4) is 0 Å². The van der Waals surface area contributed by atoms with Gasteiger partial charge in [0.05, 0.1) is 16.8 Å². The molecule has 1 aromatic heterocycles. The summed E-state index contributed by atoms with van der Waals surface area (Å²) in [4.78, 5) is 30.7. The summed E-state index contributed by atoms with van der Waals surface area (Å²) in [6.07, 6.45) is 0. The minimum atomic E-state index is -0.117. The summed E-state index contributed by atoms with van der Waals surface area (Å²) >= 11 is 0. The van der Waals surface area contributed by atoms with Crippen molar-refractivity contribution in [3.05, 3.63) is 60.2 Å². The molecule has 3 aromatic rings. The Kier molecular flexibility index (Phi) is 6.01. The van der Waals surface area contributed by atoms with E-state index in [1.54, 1.807) is 0 Å². The van der Waals surface area contributed by atoms with E-state index in [1.807, 2.05) is 73.6 Å². The molecule has 0 atom stereocenters. The van der Waals surface area contributed by atoms with Gasteiger partial charge in [-0.15, -0.1) is 0 Å². The average molecular weight is 376 g/mol. The van der Waals surface area contributed by atoms with E-state index in [9.17, 15) is 9.59 Å². The highest BCUT2D eigenvalue weighted by molar-refractivity contribution is 6.07. The number of carbonyl (C=O) groups is 2. The van der Waals surface area contributed by atoms with Crippen molar-refractivity contribution in [1.82, 2.24) is 15.2 Å². The van der Waals surface area contributed by atoms with Crippen LogP contribution in [0.25, 0.3) is 22.2 Å². The highest BCUT2D eigenvalue weighted by Gasteiger charge is 2.14. The fraction of sp³-hybridized carbons (Fsp3) is 0.227. The topological polar surface area (TPSA) is 74.3 Å². The molecule has 0 spiro atoms. The first-order chi connectivity index (χ1) is 13.4. The number of hydrogen-bond acceptors (Lipinski definition) is 4. The van der Waals surface area contributed by atoms with E-state index >= 15 is 0 Å². The predicted molar refractivity (Wildman–Crippen MR) is 112 cm³/mol. The number of benzene rings is 2. The number of nitrogens with one attached hydrogen (secondary N) is 2. The van der Waals surface area contributed by atoms with Crippen LogP contribution >= 0.6 is 0 Å². The van der Waals surface area contributed by atoms with E-state index < -0.39 is 0 Å². The first-order valence-corrected chi connectivity index (χ1v) is 9.15. The van der Waals surface area contributed by atoms with E-state index in [1.165, 1.54) is 6.92 Å². The Morgan fingerprint density at radius 2 is 1.75 bits per heavy atom. The molecule has 0 bridgehead atoms. The fourth-order valence-electron chi connectivity index (χ4n) is 2.93. The molecule has 0 radical (unpaired) electrons. The molecule has 3 rings (SSSR count). The monoisotopic (exact) mass is 376 g/mol. The molecule has 2 aromatic carbocycles. The smallest absolute Gasteiger partial charge is 0.252 e. The Labute approximate surface area is 164 Å². The third-order valence-corrected chi connectivity index (χ3v) is 4.31. The molecule has 0 saturated heterocycles. The third-order valence-electron chi connectivity index (χ3n) is 4.31. The van der Waals surface area contributed by atoms with Crippen LogP contribution < -0.4 is 10.6 Å². The Bertz CT molecular complexity index is 997. The number of carbonyl (C=O) groups excluding carboxylic acids is 2. The molecular weight excluding hydrogens is 352 g/mol. The highest BCUT2D eigenvalue weighted by atomic mass is 16.2. The number of hydrogen-bond donors (Lipinski definition) is 2. The number of pyridine rings is 1. The highest BCUT2D eigenvalue weighted by Crippen LogP contribution is 2.26. The second-order valence-electron chi connectivity index (χ2n) is 6.89. The maximum Gasteiger partial charge on any atom is 0.252 e. The number of amides is 2. The minimum absolute atomic E-state index is 0.114. The summed E-state index contributed by atoms with van der Waals surface area (Å²) in [6, 6.07) is 16.9. The van der Waals surface area contributed by atoms with E-state index in [2.05, 4.69) is 10.6 Å². The normalized spacial score (nSPS) is 10.9. The van der Waals surface area contributed by atoms with Gasteiger partial charge in [-0.3, -0.25) is 9.59 Å². The summed E-state index contributed by atoms with van der Waals surface area (Å²) in [5, 5.41) is 6.55. The van der Waals surface area contributed by atoms with Gasteiger partial charge in [-0.2, -0.15) is 0 Å². The Hall–Kier alpha value is -3.25. The van der Waals surface area contributed by atoms with Gasteiger partial charge in [0.1, 0.15) is 0 Å². The molecule has 0 saturated carbocycles. The maximum absolute atomic E-state index is 12.8. The van der Waals surface area contributed by atoms with Crippen LogP contribution in [0.5, 0.6) is 0 Å². The number of anilines is 1. The van der Waals surface area contributed by atoms with Crippen molar-refractivity contribution in [2.24, 2.45) is 0 Å². The number of likely N-dealkylation sites (N-methyl/N-ethyl adjacent to an activating group) is 1. The third kappa shape index (κ3) is 4.72. The number of nitrogens with zero attached hydrogens (tertiary/aromatic N) is 2. The Balaban J connectivity index is 1.95. The molecule has 0 aliphatic rings. The second kappa shape index (κ2) is 8.63. The van der Waals surface area contributed by atoms with Crippen LogP contribution in [0.1, 0.15) is 17.3 Å². The van der Waals surface area contributed by atoms with Gasteiger partial charge in [-0.25, -0.2) is 4.98 Å². The molecule has 0 aliphatic heterocycles. The number of rotatable bonds is 6. The first-order valence-electron chi connectivity index (χ1n) is 9.15. The van der Waals surface area contributed by atoms with Crippen molar-refractivity contribution < 1.29 is 9.59 Å². The Morgan fingerprint density at radius 1 is 1.04 bits per heavy atom. The number of aromatic nitrogens is 1. The molecule has 0 fully saturated rings. The zero-order valence-corrected chi connectivity index (χ0v) is 16.3. The second-order valence-corrected chi connectivity index (χ2v) is 6.89. The maximum atomic E-state index is 12.8. The molecule has 2 amide bonds. The minimum Gasteiger partial charge on any atom is -0.351 e. The summed E-state index contributed by atoms with van der Waals surface area (Å²) in [5.41, 5.74) is 3.68. The van der Waals surface area contributed by atoms with E-state index in [4.69, 9.17) is 4.98 Å². The summed E-state index contributed by atoms with van der Waals surface area (Å²) < 4.78 is 0. The van der Waals surface area contributed by atoms with Gasteiger partial charge in [0, 0.05) is 36.7 Å². The zero-order valence-electron chi connectivity index (χ0n) is 16.3. The van der Waals surface area contributed by atoms with Crippen molar-refractivity contribution in [1.29, 1.82) is 0 Å². The van der Waals surface area contributed by atoms with Gasteiger partial charge in [-0.05, 0) is 38.4 Å². The molecule has 28 heavy (non-hydrogen) atoms. The molecule has 1 heterocycles. The van der Waals surface area contributed by atoms with E-state index in [0.29, 0.717) is 17.8 Å². The number of para-hydroxylation sites is 1. The van der Waals surface area contributed by atoms with Crippen LogP contribution in [0.4, 0.5) is 5.69 Å². The van der Waals surface area contributed by atoms with Crippen LogP contribution in [-0.4, -0.2) is 48.9 Å². The van der Waals surface area contributed by atoms with Gasteiger partial charge in [0.25, 0.3) is 5.91 Å². The first kappa shape index (κ1) is 19.5. The molecular formula is C22H24N4O2. The molecule has 6 nitrogen and oxygen atoms in total. The molecule has 0 unspecified atom stereocenters. The summed E-state index contributed by atoms with van der Waals surface area (Å²) in [7, 11) is 3.94. The predicted octanol–water partition coefficient (Wildman–Crippen LogP) is 3.15. The quantitative estimate of drug-likeness (QED) is 0.693. The van der Waals surface area contributed by atoms with Gasteiger partial charge < -0.3 is 15.5 Å². The van der Waals surface area contributed by atoms with Crippen LogP contribution in [-0.2, 0) is 4.79 Å². The fourth-order valence-corrected chi connectivity index (χ4v) is 2.93. The summed E-state index contributed by atoms with van der Waals surface area (Å²) in [6.45, 7) is 2.81. The SMILES string of the molecule is CC(=O)Nc1ccc(-c2cc(C(=O)NCCN(C)C)c3ccccc3n2)cc1. The van der Waals surface area contributed by atoms with Crippen LogP contribution in [0, 0.1) is 0 Å². The molecule has 6 heteroatoms. The number of fused-ring (bicyclic) bond motifs is 1. The largest absolute Gasteiger partial charge is 0.351 e. The van der Waals surface area contributed by atoms with Crippen molar-refractivity contribution >= 4 is 28.4 Å². The lowest BCUT2D eigenvalue weighted by Crippen LogP contribution is -2.31. The molecule has 144 valence electrons. The van der Waals surface area contributed by atoms with Crippen molar-refractivity contribution in [2.45, 2.75) is 6.92 Å². The average Bonchev–Trinajstić information content (AvgIpc) is 2.67. The lowest BCUT2D eigenvalue weighted by molar-refractivity contribution is -0.114. The standard InChI is InChI=1S/C22H24N4O2/c1-15(27)24-17-10-8-16(9-11-17)21-14-19(22(28)23-12-13-26(2)3)18-6-4-5-7-20(18)25-21/h4-11,14H,12-13H2,1-3H3,(H,23,28)(H,24,27). The van der Waals surface area contributed by atoms with Crippen LogP contribution in [0.15, 0.2) is 54.6 Å². The van der Waals surface area contributed by atoms with Gasteiger partial charge in [0.2, 0.25) is 5.91 Å². The summed E-state index contributed by atoms with van der Waals surface area (Å²) in [5.74, 6) is -0.232. The van der Waals surface area contributed by atoms with Gasteiger partial charge >= 0.3 is 0 Å². The van der Waals surface area contributed by atoms with E-state index in [-0.39, 0.29) is 11.8 Å². The molecule has 2 N–H and O–H groups in total. The van der Waals surface area contributed by atoms with Gasteiger partial charge in [0.15, 0.2) is 0 Å². The van der Waals surface area contributed by atoms with Crippen LogP contribution in [0.2, 0.25) is 0 Å². The van der Waals surface area contributed by atoms with Crippen molar-refractivity contribution in [2.75, 3.05) is 32.5 Å². The van der Waals surface area contributed by atoms with Crippen molar-refractivity contribution in [3.63, 3.8) is 0 Å². The zero-order chi connectivity index (χ0) is 20.1. The van der Waals surface area contributed by atoms with Gasteiger partial charge in [-0.1, -0.05) is 30.3 Å². The lowest BCUT2D eigenvalue weighted by atomic mass is 10.0.